The topological polar surface area (TPSA) is 26.3 Å². The van der Waals surface area contributed by atoms with E-state index in [2.05, 4.69) is 20.8 Å². The van der Waals surface area contributed by atoms with Gasteiger partial charge in [0.05, 0.1) is 0 Å². The van der Waals surface area contributed by atoms with E-state index < -0.39 is 0 Å². The van der Waals surface area contributed by atoms with E-state index >= 15 is 0 Å². The molecule has 2 saturated carbocycles. The van der Waals surface area contributed by atoms with Crippen molar-refractivity contribution in [2.45, 2.75) is 46.1 Å². The average Bonchev–Trinajstić information content (AvgIpc) is 2.79. The van der Waals surface area contributed by atoms with Gasteiger partial charge in [-0.15, -0.1) is 0 Å². The van der Waals surface area contributed by atoms with Crippen molar-refractivity contribution in [3.63, 3.8) is 0 Å². The molecule has 0 aliphatic heterocycles. The van der Waals surface area contributed by atoms with Gasteiger partial charge in [0.1, 0.15) is 6.10 Å². The van der Waals surface area contributed by atoms with Crippen LogP contribution >= 0.6 is 0 Å². The van der Waals surface area contributed by atoms with Crippen LogP contribution in [0.25, 0.3) is 6.08 Å². The van der Waals surface area contributed by atoms with E-state index in [4.69, 9.17) is 4.74 Å². The Bertz CT molecular complexity index is 558. The van der Waals surface area contributed by atoms with E-state index in [9.17, 15) is 4.79 Å². The van der Waals surface area contributed by atoms with Gasteiger partial charge >= 0.3 is 5.97 Å². The SMILES string of the molecule is CC1(C)[C@H]2CC[C@@]1(C)[C@H](OC(=O)/C=C/c1ccccc1)C2. The first-order valence-electron chi connectivity index (χ1n) is 7.87. The first-order chi connectivity index (χ1) is 9.93. The van der Waals surface area contributed by atoms with Crippen LogP contribution in [0.2, 0.25) is 0 Å². The first kappa shape index (κ1) is 14.4. The fraction of sp³-hybridized carbons (Fsp3) is 0.526. The quantitative estimate of drug-likeness (QED) is 0.605. The highest BCUT2D eigenvalue weighted by atomic mass is 16.5. The highest BCUT2D eigenvalue weighted by molar-refractivity contribution is 5.87. The summed E-state index contributed by atoms with van der Waals surface area (Å²) in [6, 6.07) is 9.85. The molecular formula is C19H24O2. The zero-order valence-electron chi connectivity index (χ0n) is 13.1. The van der Waals surface area contributed by atoms with Crippen molar-refractivity contribution in [3.05, 3.63) is 42.0 Å². The largest absolute Gasteiger partial charge is 0.459 e. The molecule has 3 rings (SSSR count). The number of fused-ring (bicyclic) bond motifs is 2. The lowest BCUT2D eigenvalue weighted by Gasteiger charge is -2.38. The van der Waals surface area contributed by atoms with Gasteiger partial charge in [0.2, 0.25) is 0 Å². The zero-order valence-corrected chi connectivity index (χ0v) is 13.1. The first-order valence-corrected chi connectivity index (χ1v) is 7.87. The molecule has 0 amide bonds. The van der Waals surface area contributed by atoms with Crippen molar-refractivity contribution >= 4 is 12.0 Å². The molecule has 2 nitrogen and oxygen atoms in total. The maximum Gasteiger partial charge on any atom is 0.331 e. The molecule has 1 aromatic rings. The lowest BCUT2D eigenvalue weighted by Crippen LogP contribution is -2.38. The summed E-state index contributed by atoms with van der Waals surface area (Å²) in [6.45, 7) is 6.95. The smallest absolute Gasteiger partial charge is 0.331 e. The van der Waals surface area contributed by atoms with Crippen LogP contribution in [0.1, 0.15) is 45.6 Å². The van der Waals surface area contributed by atoms with E-state index in [0.29, 0.717) is 5.92 Å². The second-order valence-electron chi connectivity index (χ2n) is 7.28. The highest BCUT2D eigenvalue weighted by Gasteiger charge is 2.62. The lowest BCUT2D eigenvalue weighted by molar-refractivity contribution is -0.150. The van der Waals surface area contributed by atoms with Gasteiger partial charge in [0, 0.05) is 11.5 Å². The molecule has 0 spiro atoms. The van der Waals surface area contributed by atoms with Crippen LogP contribution in [-0.2, 0) is 9.53 Å². The predicted octanol–water partition coefficient (Wildman–Crippen LogP) is 4.46. The van der Waals surface area contributed by atoms with Crippen LogP contribution in [0.4, 0.5) is 0 Å². The molecule has 0 heterocycles. The Kier molecular flexibility index (Phi) is 3.43. The molecule has 1 aromatic carbocycles. The third-order valence-electron chi connectivity index (χ3n) is 6.18. The molecule has 21 heavy (non-hydrogen) atoms. The van der Waals surface area contributed by atoms with Gasteiger partial charge < -0.3 is 4.74 Å². The van der Waals surface area contributed by atoms with E-state index in [1.807, 2.05) is 36.4 Å². The Morgan fingerprint density at radius 1 is 1.24 bits per heavy atom. The van der Waals surface area contributed by atoms with E-state index in [-0.39, 0.29) is 22.9 Å². The van der Waals surface area contributed by atoms with Crippen LogP contribution in [0.5, 0.6) is 0 Å². The number of carbonyl (C=O) groups is 1. The molecule has 0 N–H and O–H groups in total. The molecule has 112 valence electrons. The van der Waals surface area contributed by atoms with Crippen LogP contribution in [0.15, 0.2) is 36.4 Å². The Labute approximate surface area is 127 Å². The molecule has 0 radical (unpaired) electrons. The molecular weight excluding hydrogens is 260 g/mol. The number of hydrogen-bond donors (Lipinski definition) is 0. The zero-order chi connectivity index (χ0) is 15.1. The van der Waals surface area contributed by atoms with Crippen molar-refractivity contribution in [2.75, 3.05) is 0 Å². The van der Waals surface area contributed by atoms with Gasteiger partial charge in [0.25, 0.3) is 0 Å². The third-order valence-corrected chi connectivity index (χ3v) is 6.18. The van der Waals surface area contributed by atoms with Crippen LogP contribution < -0.4 is 0 Å². The minimum Gasteiger partial charge on any atom is -0.459 e. The molecule has 2 fully saturated rings. The predicted molar refractivity (Wildman–Crippen MR) is 84.6 cm³/mol. The Balaban J connectivity index is 1.66. The summed E-state index contributed by atoms with van der Waals surface area (Å²) >= 11 is 0. The van der Waals surface area contributed by atoms with Gasteiger partial charge in [-0.25, -0.2) is 4.79 Å². The summed E-state index contributed by atoms with van der Waals surface area (Å²) in [5, 5.41) is 0. The summed E-state index contributed by atoms with van der Waals surface area (Å²) in [5.74, 6) is 0.479. The maximum atomic E-state index is 12.1. The number of rotatable bonds is 3. The van der Waals surface area contributed by atoms with E-state index in [0.717, 1.165) is 12.0 Å². The van der Waals surface area contributed by atoms with Crippen molar-refractivity contribution in [3.8, 4) is 0 Å². The average molecular weight is 284 g/mol. The van der Waals surface area contributed by atoms with E-state index in [1.54, 1.807) is 6.08 Å². The Morgan fingerprint density at radius 2 is 1.95 bits per heavy atom. The second-order valence-corrected chi connectivity index (χ2v) is 7.28. The second kappa shape index (κ2) is 5.01. The number of carbonyl (C=O) groups excluding carboxylic acids is 1. The van der Waals surface area contributed by atoms with Crippen molar-refractivity contribution in [1.29, 1.82) is 0 Å². The van der Waals surface area contributed by atoms with Crippen molar-refractivity contribution < 1.29 is 9.53 Å². The standard InChI is InChI=1S/C19H24O2/c1-18(2)15-11-12-19(18,3)16(13-15)21-17(20)10-9-14-7-5-4-6-8-14/h4-10,15-16H,11-13H2,1-3H3/b10-9+/t15-,16+,19-/m0/s1. The summed E-state index contributed by atoms with van der Waals surface area (Å²) in [6.07, 6.45) is 6.91. The van der Waals surface area contributed by atoms with Crippen molar-refractivity contribution in [2.24, 2.45) is 16.7 Å². The number of esters is 1. The lowest BCUT2D eigenvalue weighted by atomic mass is 9.70. The number of benzene rings is 1. The van der Waals surface area contributed by atoms with Gasteiger partial charge in [-0.3, -0.25) is 0 Å². The molecule has 2 heteroatoms. The monoisotopic (exact) mass is 284 g/mol. The number of hydrogen-bond acceptors (Lipinski definition) is 2. The van der Waals surface area contributed by atoms with Gasteiger partial charge in [-0.05, 0) is 42.2 Å². The number of ether oxygens (including phenoxy) is 1. The molecule has 0 saturated heterocycles. The molecule has 2 aliphatic rings. The fourth-order valence-corrected chi connectivity index (χ4v) is 4.22. The van der Waals surface area contributed by atoms with Crippen LogP contribution in [-0.4, -0.2) is 12.1 Å². The molecule has 2 aliphatic carbocycles. The van der Waals surface area contributed by atoms with Crippen molar-refractivity contribution in [1.82, 2.24) is 0 Å². The summed E-state index contributed by atoms with van der Waals surface area (Å²) in [7, 11) is 0. The molecule has 0 aromatic heterocycles. The van der Waals surface area contributed by atoms with Gasteiger partial charge in [0.15, 0.2) is 0 Å². The summed E-state index contributed by atoms with van der Waals surface area (Å²) in [5.41, 5.74) is 1.43. The fourth-order valence-electron chi connectivity index (χ4n) is 4.22. The molecule has 3 atom stereocenters. The van der Waals surface area contributed by atoms with Gasteiger partial charge in [-0.1, -0.05) is 51.1 Å². The highest BCUT2D eigenvalue weighted by Crippen LogP contribution is 2.66. The summed E-state index contributed by atoms with van der Waals surface area (Å²) in [4.78, 5) is 12.1. The maximum absolute atomic E-state index is 12.1. The minimum atomic E-state index is -0.214. The normalized spacial score (nSPS) is 33.5. The summed E-state index contributed by atoms with van der Waals surface area (Å²) < 4.78 is 5.78. The molecule has 0 unspecified atom stereocenters. The Morgan fingerprint density at radius 3 is 2.52 bits per heavy atom. The van der Waals surface area contributed by atoms with Gasteiger partial charge in [-0.2, -0.15) is 0 Å². The van der Waals surface area contributed by atoms with E-state index in [1.165, 1.54) is 12.8 Å². The Hall–Kier alpha value is -1.57. The third kappa shape index (κ3) is 2.31. The minimum absolute atomic E-state index is 0.0687. The van der Waals surface area contributed by atoms with Crippen LogP contribution in [0.3, 0.4) is 0 Å². The van der Waals surface area contributed by atoms with Crippen LogP contribution in [0, 0.1) is 16.7 Å². The molecule has 2 bridgehead atoms.